The SMILES string of the molecule is CC[C@@H]1C[C@H](Cc2cnc(C#N)cn2)CN1c1ncc2cnc3[nH]ccc3n12. The summed E-state index contributed by atoms with van der Waals surface area (Å²) in [6.45, 7) is 3.15. The summed E-state index contributed by atoms with van der Waals surface area (Å²) in [6, 6.07) is 4.50. The van der Waals surface area contributed by atoms with Crippen LogP contribution in [0.1, 0.15) is 31.2 Å². The Kier molecular flexibility index (Phi) is 3.93. The second kappa shape index (κ2) is 6.60. The van der Waals surface area contributed by atoms with Crippen molar-refractivity contribution in [2.45, 2.75) is 32.2 Å². The molecule has 0 radical (unpaired) electrons. The molecular weight excluding hydrogens is 352 g/mol. The molecule has 0 amide bonds. The smallest absolute Gasteiger partial charge is 0.211 e. The summed E-state index contributed by atoms with van der Waals surface area (Å²) in [6.07, 6.45) is 11.9. The van der Waals surface area contributed by atoms with Crippen molar-refractivity contribution in [1.82, 2.24) is 29.3 Å². The van der Waals surface area contributed by atoms with E-state index in [2.05, 4.69) is 36.2 Å². The van der Waals surface area contributed by atoms with Gasteiger partial charge < -0.3 is 9.88 Å². The molecule has 0 aliphatic carbocycles. The van der Waals surface area contributed by atoms with Crippen molar-refractivity contribution in [3.05, 3.63) is 48.4 Å². The van der Waals surface area contributed by atoms with Crippen LogP contribution in [0, 0.1) is 17.2 Å². The molecule has 5 heterocycles. The number of rotatable bonds is 4. The third kappa shape index (κ3) is 2.67. The Balaban J connectivity index is 1.46. The van der Waals surface area contributed by atoms with Gasteiger partial charge in [0.25, 0.3) is 0 Å². The molecule has 2 atom stereocenters. The molecule has 0 bridgehead atoms. The fourth-order valence-corrected chi connectivity index (χ4v) is 4.27. The van der Waals surface area contributed by atoms with Gasteiger partial charge in [0.1, 0.15) is 6.07 Å². The first-order valence-electron chi connectivity index (χ1n) is 9.54. The molecule has 1 fully saturated rings. The van der Waals surface area contributed by atoms with Crippen LogP contribution >= 0.6 is 0 Å². The molecule has 1 saturated heterocycles. The van der Waals surface area contributed by atoms with Crippen molar-refractivity contribution in [1.29, 1.82) is 5.26 Å². The highest BCUT2D eigenvalue weighted by Crippen LogP contribution is 2.33. The average Bonchev–Trinajstić information content (AvgIpc) is 3.45. The number of hydrogen-bond acceptors (Lipinski definition) is 6. The number of anilines is 1. The largest absolute Gasteiger partial charge is 0.345 e. The van der Waals surface area contributed by atoms with E-state index in [0.717, 1.165) is 54.1 Å². The van der Waals surface area contributed by atoms with Gasteiger partial charge in [0.2, 0.25) is 5.95 Å². The summed E-state index contributed by atoms with van der Waals surface area (Å²) >= 11 is 0. The zero-order chi connectivity index (χ0) is 19.1. The van der Waals surface area contributed by atoms with Crippen LogP contribution in [0.3, 0.4) is 0 Å². The van der Waals surface area contributed by atoms with Gasteiger partial charge in [0.15, 0.2) is 11.3 Å². The van der Waals surface area contributed by atoms with Gasteiger partial charge in [-0.2, -0.15) is 5.26 Å². The van der Waals surface area contributed by atoms with E-state index in [-0.39, 0.29) is 0 Å². The topological polar surface area (TPSA) is 98.8 Å². The number of nitriles is 1. The lowest BCUT2D eigenvalue weighted by atomic mass is 9.99. The summed E-state index contributed by atoms with van der Waals surface area (Å²) < 4.78 is 2.19. The number of aromatic nitrogens is 6. The van der Waals surface area contributed by atoms with Crippen molar-refractivity contribution in [2.75, 3.05) is 11.4 Å². The zero-order valence-electron chi connectivity index (χ0n) is 15.6. The van der Waals surface area contributed by atoms with Crippen LogP contribution < -0.4 is 4.90 Å². The fourth-order valence-electron chi connectivity index (χ4n) is 4.27. The summed E-state index contributed by atoms with van der Waals surface area (Å²) in [7, 11) is 0. The number of imidazole rings is 1. The van der Waals surface area contributed by atoms with Crippen LogP contribution in [0.15, 0.2) is 37.1 Å². The van der Waals surface area contributed by atoms with E-state index < -0.39 is 0 Å². The van der Waals surface area contributed by atoms with Crippen LogP contribution in [0.2, 0.25) is 0 Å². The Bertz CT molecular complexity index is 1170. The molecule has 1 N–H and O–H groups in total. The van der Waals surface area contributed by atoms with Gasteiger partial charge >= 0.3 is 0 Å². The first kappa shape index (κ1) is 16.7. The summed E-state index contributed by atoms with van der Waals surface area (Å²) in [5.41, 5.74) is 4.20. The number of hydrogen-bond donors (Lipinski definition) is 1. The van der Waals surface area contributed by atoms with Crippen LogP contribution in [0.5, 0.6) is 0 Å². The van der Waals surface area contributed by atoms with E-state index in [1.807, 2.05) is 30.7 Å². The Morgan fingerprint density at radius 2 is 2.07 bits per heavy atom. The first-order chi connectivity index (χ1) is 13.8. The minimum absolute atomic E-state index is 0.358. The standard InChI is InChI=1S/C20H20N8/c1-2-16-6-13(5-14-8-24-15(7-21)9-23-14)12-27(16)20-26-11-17-10-25-19-18(28(17)20)3-4-22-19/h3-4,8-11,13,16,22H,2,5-6,12H2,1H3/t13-,16+/m0/s1. The van der Waals surface area contributed by atoms with Crippen molar-refractivity contribution >= 4 is 22.6 Å². The van der Waals surface area contributed by atoms with Gasteiger partial charge in [-0.3, -0.25) is 9.38 Å². The quantitative estimate of drug-likeness (QED) is 0.591. The highest BCUT2D eigenvalue weighted by atomic mass is 15.3. The van der Waals surface area contributed by atoms with Crippen LogP contribution in [0.4, 0.5) is 5.95 Å². The van der Waals surface area contributed by atoms with Gasteiger partial charge in [-0.25, -0.2) is 15.0 Å². The number of H-pyrrole nitrogens is 1. The van der Waals surface area contributed by atoms with Gasteiger partial charge in [-0.1, -0.05) is 6.92 Å². The highest BCUT2D eigenvalue weighted by Gasteiger charge is 2.33. The maximum Gasteiger partial charge on any atom is 0.211 e. The zero-order valence-corrected chi connectivity index (χ0v) is 15.6. The van der Waals surface area contributed by atoms with Crippen LogP contribution in [-0.4, -0.2) is 41.9 Å². The van der Waals surface area contributed by atoms with Crippen LogP contribution in [-0.2, 0) is 6.42 Å². The lowest BCUT2D eigenvalue weighted by Crippen LogP contribution is -2.30. The minimum Gasteiger partial charge on any atom is -0.345 e. The van der Waals surface area contributed by atoms with E-state index in [0.29, 0.717) is 17.7 Å². The third-order valence-corrected chi connectivity index (χ3v) is 5.59. The summed E-state index contributed by atoms with van der Waals surface area (Å²) in [5.74, 6) is 1.45. The number of fused-ring (bicyclic) bond motifs is 3. The number of nitrogens with zero attached hydrogens (tertiary/aromatic N) is 7. The third-order valence-electron chi connectivity index (χ3n) is 5.59. The second-order valence-electron chi connectivity index (χ2n) is 7.31. The van der Waals surface area contributed by atoms with Crippen LogP contribution in [0.25, 0.3) is 16.7 Å². The fraction of sp³-hybridized carbons (Fsp3) is 0.350. The molecule has 4 aromatic rings. The summed E-state index contributed by atoms with van der Waals surface area (Å²) in [5, 5.41) is 8.89. The molecule has 1 aliphatic heterocycles. The molecule has 0 spiro atoms. The predicted molar refractivity (Wildman–Crippen MR) is 105 cm³/mol. The monoisotopic (exact) mass is 372 g/mol. The van der Waals surface area contributed by atoms with E-state index in [9.17, 15) is 0 Å². The molecule has 1 aliphatic rings. The molecule has 8 nitrogen and oxygen atoms in total. The average molecular weight is 372 g/mol. The lowest BCUT2D eigenvalue weighted by Gasteiger charge is -2.24. The maximum atomic E-state index is 8.89. The van der Waals surface area contributed by atoms with E-state index >= 15 is 0 Å². The van der Waals surface area contributed by atoms with Gasteiger partial charge in [0.05, 0.1) is 35.3 Å². The van der Waals surface area contributed by atoms with Gasteiger partial charge in [-0.05, 0) is 31.2 Å². The van der Waals surface area contributed by atoms with Crippen molar-refractivity contribution in [3.63, 3.8) is 0 Å². The van der Waals surface area contributed by atoms with E-state index in [1.165, 1.54) is 0 Å². The molecule has 5 rings (SSSR count). The molecule has 140 valence electrons. The first-order valence-corrected chi connectivity index (χ1v) is 9.54. The molecule has 0 saturated carbocycles. The summed E-state index contributed by atoms with van der Waals surface area (Å²) in [4.78, 5) is 23.3. The molecule has 28 heavy (non-hydrogen) atoms. The Labute approximate surface area is 161 Å². The predicted octanol–water partition coefficient (Wildman–Crippen LogP) is 2.72. The van der Waals surface area contributed by atoms with Crippen molar-refractivity contribution in [3.8, 4) is 6.07 Å². The Morgan fingerprint density at radius 1 is 1.18 bits per heavy atom. The maximum absolute atomic E-state index is 8.89. The Morgan fingerprint density at radius 3 is 2.86 bits per heavy atom. The van der Waals surface area contributed by atoms with Crippen molar-refractivity contribution < 1.29 is 0 Å². The number of aromatic amines is 1. The molecule has 8 heteroatoms. The highest BCUT2D eigenvalue weighted by molar-refractivity contribution is 5.77. The normalized spacial score (nSPS) is 19.5. The second-order valence-corrected chi connectivity index (χ2v) is 7.31. The van der Waals surface area contributed by atoms with Gasteiger partial charge in [-0.15, -0.1) is 0 Å². The lowest BCUT2D eigenvalue weighted by molar-refractivity contribution is 0.538. The molecule has 0 unspecified atom stereocenters. The van der Waals surface area contributed by atoms with Gasteiger partial charge in [0, 0.05) is 25.0 Å². The minimum atomic E-state index is 0.358. The molecule has 4 aromatic heterocycles. The van der Waals surface area contributed by atoms with E-state index in [4.69, 9.17) is 10.2 Å². The molecular formula is C20H20N8. The van der Waals surface area contributed by atoms with Crippen molar-refractivity contribution in [2.24, 2.45) is 5.92 Å². The number of nitrogens with one attached hydrogen (secondary N) is 1. The van der Waals surface area contributed by atoms with E-state index in [1.54, 1.807) is 12.4 Å². The Hall–Kier alpha value is -3.47. The molecule has 0 aromatic carbocycles.